The van der Waals surface area contributed by atoms with Crippen molar-refractivity contribution in [1.29, 1.82) is 0 Å². The van der Waals surface area contributed by atoms with E-state index in [2.05, 4.69) is 20.9 Å². The Morgan fingerprint density at radius 1 is 1.50 bits per heavy atom. The number of rotatable bonds is 4. The predicted molar refractivity (Wildman–Crippen MR) is 58.9 cm³/mol. The van der Waals surface area contributed by atoms with Crippen LogP contribution in [-0.2, 0) is 4.79 Å². The summed E-state index contributed by atoms with van der Waals surface area (Å²) in [6, 6.07) is -1.46. The summed E-state index contributed by atoms with van der Waals surface area (Å²) in [6.45, 7) is 3.57. The maximum atomic E-state index is 11.6. The predicted octanol–water partition coefficient (Wildman–Crippen LogP) is -0.617. The van der Waals surface area contributed by atoms with Gasteiger partial charge < -0.3 is 10.4 Å². The Hall–Kier alpha value is -2.45. The number of carboxylic acids is 1. The molecule has 3 amide bonds. The van der Waals surface area contributed by atoms with Crippen LogP contribution in [0.3, 0.4) is 0 Å². The summed E-state index contributed by atoms with van der Waals surface area (Å²) in [6.07, 6.45) is 1.12. The fraction of sp³-hybridized carbons (Fsp3) is 0.444. The molecule has 1 unspecified atom stereocenters. The number of amides is 3. The molecular formula is C9H13N5O4. The van der Waals surface area contributed by atoms with Crippen LogP contribution >= 0.6 is 0 Å². The van der Waals surface area contributed by atoms with Gasteiger partial charge in [-0.2, -0.15) is 0 Å². The van der Waals surface area contributed by atoms with Gasteiger partial charge in [0.05, 0.1) is 6.20 Å². The van der Waals surface area contributed by atoms with Crippen molar-refractivity contribution in [2.75, 3.05) is 6.54 Å². The number of aromatic carboxylic acids is 1. The van der Waals surface area contributed by atoms with Gasteiger partial charge in [0.25, 0.3) is 5.91 Å². The van der Waals surface area contributed by atoms with Crippen LogP contribution in [0.2, 0.25) is 0 Å². The van der Waals surface area contributed by atoms with Crippen LogP contribution < -0.4 is 10.6 Å². The molecule has 98 valence electrons. The molecule has 0 aliphatic rings. The van der Waals surface area contributed by atoms with E-state index in [0.717, 1.165) is 10.9 Å². The van der Waals surface area contributed by atoms with Gasteiger partial charge in [-0.25, -0.2) is 14.3 Å². The summed E-state index contributed by atoms with van der Waals surface area (Å²) >= 11 is 0. The van der Waals surface area contributed by atoms with E-state index in [1.54, 1.807) is 6.92 Å². The average molecular weight is 255 g/mol. The van der Waals surface area contributed by atoms with Gasteiger partial charge in [0.2, 0.25) is 0 Å². The molecule has 0 aliphatic carbocycles. The van der Waals surface area contributed by atoms with Crippen LogP contribution in [0.4, 0.5) is 4.79 Å². The highest BCUT2D eigenvalue weighted by molar-refractivity contribution is 5.96. The number of carboxylic acid groups (broad SMARTS) is 1. The van der Waals surface area contributed by atoms with Gasteiger partial charge in [-0.05, 0) is 13.8 Å². The van der Waals surface area contributed by atoms with Gasteiger partial charge in [-0.1, -0.05) is 5.21 Å². The van der Waals surface area contributed by atoms with E-state index < -0.39 is 23.9 Å². The molecule has 0 aromatic carbocycles. The van der Waals surface area contributed by atoms with Crippen LogP contribution in [0.1, 0.15) is 30.4 Å². The van der Waals surface area contributed by atoms with E-state index in [0.29, 0.717) is 6.54 Å². The van der Waals surface area contributed by atoms with Gasteiger partial charge >= 0.3 is 12.0 Å². The van der Waals surface area contributed by atoms with Crippen molar-refractivity contribution in [3.63, 3.8) is 0 Å². The Morgan fingerprint density at radius 3 is 2.67 bits per heavy atom. The number of hydrogen-bond donors (Lipinski definition) is 3. The van der Waals surface area contributed by atoms with E-state index in [9.17, 15) is 14.4 Å². The van der Waals surface area contributed by atoms with E-state index in [-0.39, 0.29) is 5.69 Å². The van der Waals surface area contributed by atoms with Crippen molar-refractivity contribution in [3.8, 4) is 0 Å². The standard InChI is InChI=1S/C9H13N5O4/c1-3-10-9(18)11-7(15)5(2)14-4-6(8(16)17)12-13-14/h4-5H,3H2,1-2H3,(H,16,17)(H2,10,11,15,18). The fourth-order valence-electron chi connectivity index (χ4n) is 1.11. The van der Waals surface area contributed by atoms with Crippen molar-refractivity contribution in [3.05, 3.63) is 11.9 Å². The average Bonchev–Trinajstić information content (AvgIpc) is 2.77. The molecule has 0 aliphatic heterocycles. The molecule has 1 atom stereocenters. The summed E-state index contributed by atoms with van der Waals surface area (Å²) < 4.78 is 1.07. The molecule has 0 radical (unpaired) electrons. The van der Waals surface area contributed by atoms with E-state index in [1.165, 1.54) is 6.92 Å². The minimum Gasteiger partial charge on any atom is -0.476 e. The number of nitrogens with zero attached hydrogens (tertiary/aromatic N) is 3. The van der Waals surface area contributed by atoms with Crippen LogP contribution in [0.5, 0.6) is 0 Å². The first kappa shape index (κ1) is 13.6. The quantitative estimate of drug-likeness (QED) is 0.658. The Labute approximate surface area is 102 Å². The first-order valence-electron chi connectivity index (χ1n) is 5.19. The zero-order valence-corrected chi connectivity index (χ0v) is 9.88. The lowest BCUT2D eigenvalue weighted by Crippen LogP contribution is -2.42. The van der Waals surface area contributed by atoms with Gasteiger partial charge in [-0.3, -0.25) is 10.1 Å². The highest BCUT2D eigenvalue weighted by atomic mass is 16.4. The second kappa shape index (κ2) is 5.75. The maximum Gasteiger partial charge on any atom is 0.358 e. The molecule has 0 spiro atoms. The van der Waals surface area contributed by atoms with Crippen LogP contribution in [0.25, 0.3) is 0 Å². The summed E-state index contributed by atoms with van der Waals surface area (Å²) in [5, 5.41) is 20.0. The summed E-state index contributed by atoms with van der Waals surface area (Å²) in [5.74, 6) is -1.85. The molecule has 1 aromatic rings. The highest BCUT2D eigenvalue weighted by Crippen LogP contribution is 2.04. The lowest BCUT2D eigenvalue weighted by molar-refractivity contribution is -0.123. The molecular weight excluding hydrogens is 242 g/mol. The summed E-state index contributed by atoms with van der Waals surface area (Å²) in [7, 11) is 0. The van der Waals surface area contributed by atoms with Crippen molar-refractivity contribution < 1.29 is 19.5 Å². The van der Waals surface area contributed by atoms with E-state index in [4.69, 9.17) is 5.11 Å². The molecule has 0 fully saturated rings. The number of hydrogen-bond acceptors (Lipinski definition) is 5. The van der Waals surface area contributed by atoms with Crippen LogP contribution in [-0.4, -0.2) is 44.6 Å². The highest BCUT2D eigenvalue weighted by Gasteiger charge is 2.20. The fourth-order valence-corrected chi connectivity index (χ4v) is 1.11. The lowest BCUT2D eigenvalue weighted by Gasteiger charge is -2.10. The minimum absolute atomic E-state index is 0.271. The third-order valence-corrected chi connectivity index (χ3v) is 2.08. The first-order chi connectivity index (χ1) is 8.45. The molecule has 1 aromatic heterocycles. The minimum atomic E-state index is -1.24. The molecule has 1 heterocycles. The molecule has 18 heavy (non-hydrogen) atoms. The zero-order valence-electron chi connectivity index (χ0n) is 9.88. The molecule has 0 saturated heterocycles. The molecule has 9 nitrogen and oxygen atoms in total. The smallest absolute Gasteiger partial charge is 0.358 e. The largest absolute Gasteiger partial charge is 0.476 e. The van der Waals surface area contributed by atoms with E-state index >= 15 is 0 Å². The third-order valence-electron chi connectivity index (χ3n) is 2.08. The number of carbonyl (C=O) groups excluding carboxylic acids is 2. The Kier molecular flexibility index (Phi) is 4.35. The molecule has 1 rings (SSSR count). The van der Waals surface area contributed by atoms with Gasteiger partial charge in [0.1, 0.15) is 6.04 Å². The molecule has 9 heteroatoms. The van der Waals surface area contributed by atoms with E-state index in [1.807, 2.05) is 0 Å². The molecule has 0 bridgehead atoms. The SMILES string of the molecule is CCNC(=O)NC(=O)C(C)n1cc(C(=O)O)nn1. The normalized spacial score (nSPS) is 11.7. The topological polar surface area (TPSA) is 126 Å². The second-order valence-corrected chi connectivity index (χ2v) is 3.41. The first-order valence-corrected chi connectivity index (χ1v) is 5.19. The monoisotopic (exact) mass is 255 g/mol. The van der Waals surface area contributed by atoms with Crippen LogP contribution in [0, 0.1) is 0 Å². The third kappa shape index (κ3) is 3.27. The maximum absolute atomic E-state index is 11.6. The van der Waals surface area contributed by atoms with Crippen molar-refractivity contribution >= 4 is 17.9 Å². The Balaban J connectivity index is 2.68. The van der Waals surface area contributed by atoms with Gasteiger partial charge in [-0.15, -0.1) is 5.10 Å². The van der Waals surface area contributed by atoms with Gasteiger partial charge in [0, 0.05) is 6.54 Å². The second-order valence-electron chi connectivity index (χ2n) is 3.41. The Bertz CT molecular complexity index is 469. The number of urea groups is 1. The molecule has 0 saturated carbocycles. The van der Waals surface area contributed by atoms with Gasteiger partial charge in [0.15, 0.2) is 5.69 Å². The number of carbonyl (C=O) groups is 3. The van der Waals surface area contributed by atoms with Crippen molar-refractivity contribution in [2.45, 2.75) is 19.9 Å². The molecule has 3 N–H and O–H groups in total. The number of imide groups is 1. The van der Waals surface area contributed by atoms with Crippen molar-refractivity contribution in [1.82, 2.24) is 25.6 Å². The van der Waals surface area contributed by atoms with Crippen molar-refractivity contribution in [2.24, 2.45) is 0 Å². The number of aromatic nitrogens is 3. The lowest BCUT2D eigenvalue weighted by atomic mass is 10.3. The zero-order chi connectivity index (χ0) is 13.7. The Morgan fingerprint density at radius 2 is 2.17 bits per heavy atom. The number of nitrogens with one attached hydrogen (secondary N) is 2. The summed E-state index contributed by atoms with van der Waals surface area (Å²) in [5.41, 5.74) is -0.271. The van der Waals surface area contributed by atoms with Crippen LogP contribution in [0.15, 0.2) is 6.20 Å². The summed E-state index contributed by atoms with van der Waals surface area (Å²) in [4.78, 5) is 33.3.